The molecule has 2 rings (SSSR count). The molecule has 0 fully saturated rings. The van der Waals surface area contributed by atoms with Crippen LogP contribution in [0.1, 0.15) is 13.8 Å². The van der Waals surface area contributed by atoms with E-state index in [1.165, 1.54) is 13.8 Å². The molecule has 0 radical (unpaired) electrons. The molecule has 0 amide bonds. The minimum Gasteiger partial charge on any atom is -0.395 e. The second kappa shape index (κ2) is 4.37. The summed E-state index contributed by atoms with van der Waals surface area (Å²) in [6.07, 6.45) is 0. The first-order chi connectivity index (χ1) is 8.40. The van der Waals surface area contributed by atoms with Gasteiger partial charge in [-0.2, -0.15) is 0 Å². The summed E-state index contributed by atoms with van der Waals surface area (Å²) in [6.45, 7) is 2.66. The Hall–Kier alpha value is -1.39. The van der Waals surface area contributed by atoms with Gasteiger partial charge in [0.1, 0.15) is 0 Å². The number of sulfone groups is 1. The highest BCUT2D eigenvalue weighted by Gasteiger charge is 2.36. The summed E-state index contributed by atoms with van der Waals surface area (Å²) in [6, 6.07) is 12.5. The minimum atomic E-state index is -3.57. The average Bonchev–Trinajstić information content (AvgIpc) is 2.37. The van der Waals surface area contributed by atoms with Crippen LogP contribution in [0, 0.1) is 0 Å². The Labute approximate surface area is 107 Å². The van der Waals surface area contributed by atoms with Crippen LogP contribution >= 0.6 is 0 Å². The van der Waals surface area contributed by atoms with Crippen LogP contribution in [-0.4, -0.2) is 24.9 Å². The Balaban J connectivity index is 2.77. The number of hydrogen-bond acceptors (Lipinski definition) is 3. The first-order valence-electron chi connectivity index (χ1n) is 5.73. The third kappa shape index (κ3) is 1.91. The van der Waals surface area contributed by atoms with Gasteiger partial charge in [-0.25, -0.2) is 8.42 Å². The van der Waals surface area contributed by atoms with Gasteiger partial charge in [0.15, 0.2) is 9.84 Å². The van der Waals surface area contributed by atoms with E-state index in [0.717, 1.165) is 5.39 Å². The van der Waals surface area contributed by atoms with Crippen molar-refractivity contribution in [1.29, 1.82) is 0 Å². The lowest BCUT2D eigenvalue weighted by atomic mass is 10.1. The van der Waals surface area contributed by atoms with Crippen molar-refractivity contribution in [1.82, 2.24) is 0 Å². The van der Waals surface area contributed by atoms with Gasteiger partial charge in [-0.3, -0.25) is 0 Å². The van der Waals surface area contributed by atoms with Crippen molar-refractivity contribution in [2.45, 2.75) is 23.5 Å². The third-order valence-corrected chi connectivity index (χ3v) is 5.67. The molecule has 0 aromatic heterocycles. The fraction of sp³-hybridized carbons (Fsp3) is 0.286. The van der Waals surface area contributed by atoms with Gasteiger partial charge in [-0.1, -0.05) is 36.4 Å². The zero-order valence-corrected chi connectivity index (χ0v) is 11.2. The molecule has 1 N–H and O–H groups in total. The maximum absolute atomic E-state index is 12.5. The van der Waals surface area contributed by atoms with Crippen LogP contribution in [0.2, 0.25) is 0 Å². The van der Waals surface area contributed by atoms with Crippen LogP contribution in [-0.2, 0) is 9.84 Å². The van der Waals surface area contributed by atoms with Crippen molar-refractivity contribution >= 4 is 20.6 Å². The Bertz CT molecular complexity index is 667. The van der Waals surface area contributed by atoms with Gasteiger partial charge in [-0.05, 0) is 25.3 Å². The fourth-order valence-corrected chi connectivity index (χ4v) is 3.31. The largest absolute Gasteiger partial charge is 0.395 e. The van der Waals surface area contributed by atoms with Crippen LogP contribution in [0.3, 0.4) is 0 Å². The van der Waals surface area contributed by atoms with Crippen molar-refractivity contribution in [3.8, 4) is 0 Å². The van der Waals surface area contributed by atoms with Crippen molar-refractivity contribution in [3.63, 3.8) is 0 Å². The summed E-state index contributed by atoms with van der Waals surface area (Å²) in [5, 5.41) is 10.9. The quantitative estimate of drug-likeness (QED) is 0.926. The summed E-state index contributed by atoms with van der Waals surface area (Å²) in [5.74, 6) is 0. The fourth-order valence-electron chi connectivity index (χ4n) is 1.81. The molecule has 96 valence electrons. The Morgan fingerprint density at radius 2 is 1.67 bits per heavy atom. The van der Waals surface area contributed by atoms with E-state index in [2.05, 4.69) is 0 Å². The number of aliphatic hydroxyl groups excluding tert-OH is 1. The molecule has 0 aliphatic rings. The predicted octanol–water partition coefficient (Wildman–Crippen LogP) is 2.38. The predicted molar refractivity (Wildman–Crippen MR) is 72.3 cm³/mol. The smallest absolute Gasteiger partial charge is 0.186 e. The third-order valence-electron chi connectivity index (χ3n) is 3.15. The van der Waals surface area contributed by atoms with Crippen molar-refractivity contribution < 1.29 is 13.5 Å². The SMILES string of the molecule is CC(C)(CO)S(=O)(=O)c1cccc2ccccc12. The van der Waals surface area contributed by atoms with E-state index < -0.39 is 21.2 Å². The lowest BCUT2D eigenvalue weighted by Gasteiger charge is -2.23. The second-order valence-electron chi connectivity index (χ2n) is 4.90. The summed E-state index contributed by atoms with van der Waals surface area (Å²) in [5.41, 5.74) is 0. The molecule has 0 saturated carbocycles. The lowest BCUT2D eigenvalue weighted by molar-refractivity contribution is 0.258. The lowest BCUT2D eigenvalue weighted by Crippen LogP contribution is -2.35. The van der Waals surface area contributed by atoms with Crippen LogP contribution in [0.5, 0.6) is 0 Å². The molecule has 2 aromatic carbocycles. The van der Waals surface area contributed by atoms with Gasteiger partial charge in [0.25, 0.3) is 0 Å². The van der Waals surface area contributed by atoms with Crippen molar-refractivity contribution in [3.05, 3.63) is 42.5 Å². The van der Waals surface area contributed by atoms with E-state index in [-0.39, 0.29) is 4.90 Å². The highest BCUT2D eigenvalue weighted by molar-refractivity contribution is 7.93. The van der Waals surface area contributed by atoms with Crippen molar-refractivity contribution in [2.24, 2.45) is 0 Å². The molecule has 0 spiro atoms. The molecule has 3 nitrogen and oxygen atoms in total. The maximum Gasteiger partial charge on any atom is 0.186 e. The highest BCUT2D eigenvalue weighted by atomic mass is 32.2. The summed E-state index contributed by atoms with van der Waals surface area (Å²) in [7, 11) is -3.57. The van der Waals surface area contributed by atoms with Crippen molar-refractivity contribution in [2.75, 3.05) is 6.61 Å². The van der Waals surface area contributed by atoms with E-state index in [1.54, 1.807) is 18.2 Å². The Morgan fingerprint density at radius 1 is 1.06 bits per heavy atom. The topological polar surface area (TPSA) is 54.4 Å². The molecule has 0 heterocycles. The molecule has 0 aliphatic heterocycles. The van der Waals surface area contributed by atoms with Gasteiger partial charge in [0.05, 0.1) is 16.2 Å². The van der Waals surface area contributed by atoms with Gasteiger partial charge in [-0.15, -0.1) is 0 Å². The van der Waals surface area contributed by atoms with E-state index >= 15 is 0 Å². The maximum atomic E-state index is 12.5. The van der Waals surface area contributed by atoms with Gasteiger partial charge in [0.2, 0.25) is 0 Å². The summed E-state index contributed by atoms with van der Waals surface area (Å²) >= 11 is 0. The minimum absolute atomic E-state index is 0.277. The summed E-state index contributed by atoms with van der Waals surface area (Å²) in [4.78, 5) is 0.277. The van der Waals surface area contributed by atoms with E-state index in [0.29, 0.717) is 5.39 Å². The number of benzene rings is 2. The number of hydrogen-bond donors (Lipinski definition) is 1. The van der Waals surface area contributed by atoms with Crippen LogP contribution in [0.15, 0.2) is 47.4 Å². The van der Waals surface area contributed by atoms with Crippen LogP contribution < -0.4 is 0 Å². The molecule has 0 saturated heterocycles. The van der Waals surface area contributed by atoms with Crippen LogP contribution in [0.25, 0.3) is 10.8 Å². The molecule has 0 aliphatic carbocycles. The molecular weight excluding hydrogens is 248 g/mol. The van der Waals surface area contributed by atoms with Crippen LogP contribution in [0.4, 0.5) is 0 Å². The molecule has 0 unspecified atom stereocenters. The van der Waals surface area contributed by atoms with E-state index in [9.17, 15) is 13.5 Å². The molecule has 0 atom stereocenters. The molecule has 0 bridgehead atoms. The van der Waals surface area contributed by atoms with E-state index in [1.807, 2.05) is 24.3 Å². The normalized spacial score (nSPS) is 12.8. The second-order valence-corrected chi connectivity index (χ2v) is 7.45. The molecule has 18 heavy (non-hydrogen) atoms. The Morgan fingerprint density at radius 3 is 2.33 bits per heavy atom. The number of fused-ring (bicyclic) bond motifs is 1. The zero-order chi connectivity index (χ0) is 13.4. The van der Waals surface area contributed by atoms with Gasteiger partial charge >= 0.3 is 0 Å². The van der Waals surface area contributed by atoms with Gasteiger partial charge in [0, 0.05) is 5.39 Å². The first kappa shape index (κ1) is 13.1. The molecule has 2 aromatic rings. The first-order valence-corrected chi connectivity index (χ1v) is 7.22. The standard InChI is InChI=1S/C14H16O3S/c1-14(2,10-15)18(16,17)13-9-5-7-11-6-3-4-8-12(11)13/h3-9,15H,10H2,1-2H3. The number of rotatable bonds is 3. The number of aliphatic hydroxyl groups is 1. The molecule has 4 heteroatoms. The Kier molecular flexibility index (Phi) is 3.17. The van der Waals surface area contributed by atoms with Gasteiger partial charge < -0.3 is 5.11 Å². The zero-order valence-electron chi connectivity index (χ0n) is 10.4. The average molecular weight is 264 g/mol. The molecular formula is C14H16O3S. The summed E-state index contributed by atoms with van der Waals surface area (Å²) < 4.78 is 23.9. The monoisotopic (exact) mass is 264 g/mol. The highest BCUT2D eigenvalue weighted by Crippen LogP contribution is 2.30. The van der Waals surface area contributed by atoms with E-state index in [4.69, 9.17) is 0 Å².